The zero-order valence-electron chi connectivity index (χ0n) is 11.7. The maximum Gasteiger partial charge on any atom is 0.338 e. The first-order valence-corrected chi connectivity index (χ1v) is 6.71. The molecule has 1 aromatic carbocycles. The summed E-state index contributed by atoms with van der Waals surface area (Å²) < 4.78 is 4.97. The van der Waals surface area contributed by atoms with Crippen LogP contribution in [0.1, 0.15) is 63.7 Å². The van der Waals surface area contributed by atoms with Gasteiger partial charge in [-0.1, -0.05) is 32.3 Å². The summed E-state index contributed by atoms with van der Waals surface area (Å²) in [5.41, 5.74) is -1.08. The smallest absolute Gasteiger partial charge is 0.338 e. The van der Waals surface area contributed by atoms with Gasteiger partial charge in [-0.2, -0.15) is 0 Å². The average molecular weight is 292 g/mol. The van der Waals surface area contributed by atoms with E-state index in [0.717, 1.165) is 37.5 Å². The van der Waals surface area contributed by atoms with Crippen molar-refractivity contribution in [3.8, 4) is 0 Å². The Kier molecular flexibility index (Phi) is 6.39. The van der Waals surface area contributed by atoms with Gasteiger partial charge >= 0.3 is 5.97 Å². The summed E-state index contributed by atoms with van der Waals surface area (Å²) in [7, 11) is 0. The van der Waals surface area contributed by atoms with Crippen LogP contribution in [0.3, 0.4) is 0 Å². The van der Waals surface area contributed by atoms with E-state index in [1.54, 1.807) is 0 Å². The fourth-order valence-electron chi connectivity index (χ4n) is 1.79. The van der Waals surface area contributed by atoms with E-state index in [-0.39, 0.29) is 17.7 Å². The summed E-state index contributed by atoms with van der Waals surface area (Å²) in [6, 6.07) is 3.01. The average Bonchev–Trinajstić information content (AvgIpc) is 2.46. The minimum absolute atomic E-state index is 0.188. The summed E-state index contributed by atoms with van der Waals surface area (Å²) in [5.74, 6) is -3.98. The van der Waals surface area contributed by atoms with E-state index in [2.05, 4.69) is 6.92 Å². The number of esters is 1. The van der Waals surface area contributed by atoms with Crippen LogP contribution in [0, 0.1) is 0 Å². The Bertz CT molecular complexity index is 535. The molecule has 0 heterocycles. The Balaban J connectivity index is 2.79. The van der Waals surface area contributed by atoms with Crippen molar-refractivity contribution in [2.45, 2.75) is 32.6 Å². The summed E-state index contributed by atoms with van der Waals surface area (Å²) in [6.07, 6.45) is 3.69. The Morgan fingerprint density at radius 3 is 2.29 bits per heavy atom. The third kappa shape index (κ3) is 4.91. The number of aromatic carboxylic acids is 2. The van der Waals surface area contributed by atoms with Gasteiger partial charge in [0, 0.05) is 5.56 Å². The minimum Gasteiger partial charge on any atom is -0.545 e. The SMILES string of the molecule is CCCCCCOC(=O)c1ccc(C(=O)[O-])cc1C(=O)[O-]. The molecule has 0 aliphatic heterocycles. The molecule has 0 bridgehead atoms. The van der Waals surface area contributed by atoms with Gasteiger partial charge < -0.3 is 24.5 Å². The number of carboxylic acid groups (broad SMARTS) is 2. The number of hydrogen-bond donors (Lipinski definition) is 0. The number of carboxylic acids is 2. The molecule has 0 N–H and O–H groups in total. The molecule has 6 heteroatoms. The summed E-state index contributed by atoms with van der Waals surface area (Å²) in [5, 5.41) is 21.7. The summed E-state index contributed by atoms with van der Waals surface area (Å²) >= 11 is 0. The molecule has 0 saturated heterocycles. The van der Waals surface area contributed by atoms with E-state index >= 15 is 0 Å². The normalized spacial score (nSPS) is 10.1. The summed E-state index contributed by atoms with van der Waals surface area (Å²) in [6.45, 7) is 2.24. The minimum atomic E-state index is -1.64. The zero-order valence-corrected chi connectivity index (χ0v) is 11.7. The molecule has 0 fully saturated rings. The van der Waals surface area contributed by atoms with Gasteiger partial charge in [-0.15, -0.1) is 0 Å². The van der Waals surface area contributed by atoms with Crippen LogP contribution in [-0.4, -0.2) is 24.5 Å². The lowest BCUT2D eigenvalue weighted by molar-refractivity contribution is -0.255. The molecule has 0 atom stereocenters. The third-order valence-electron chi connectivity index (χ3n) is 2.93. The van der Waals surface area contributed by atoms with E-state index in [4.69, 9.17) is 4.74 Å². The van der Waals surface area contributed by atoms with Gasteiger partial charge in [-0.25, -0.2) is 4.79 Å². The molecule has 1 rings (SSSR count). The number of ether oxygens (including phenoxy) is 1. The number of benzene rings is 1. The maximum absolute atomic E-state index is 11.8. The van der Waals surface area contributed by atoms with E-state index in [1.807, 2.05) is 0 Å². The lowest BCUT2D eigenvalue weighted by Crippen LogP contribution is -2.28. The van der Waals surface area contributed by atoms with E-state index in [1.165, 1.54) is 0 Å². The lowest BCUT2D eigenvalue weighted by Gasteiger charge is -2.12. The van der Waals surface area contributed by atoms with Crippen molar-refractivity contribution < 1.29 is 29.3 Å². The second kappa shape index (κ2) is 8.04. The molecular formula is C15H16O6-2. The molecule has 0 aromatic heterocycles. The molecule has 0 aliphatic rings. The lowest BCUT2D eigenvalue weighted by atomic mass is 10.0. The Hall–Kier alpha value is -2.37. The van der Waals surface area contributed by atoms with Crippen LogP contribution in [0.5, 0.6) is 0 Å². The van der Waals surface area contributed by atoms with Crippen LogP contribution in [0.2, 0.25) is 0 Å². The fourth-order valence-corrected chi connectivity index (χ4v) is 1.79. The highest BCUT2D eigenvalue weighted by Gasteiger charge is 2.14. The molecule has 6 nitrogen and oxygen atoms in total. The fraction of sp³-hybridized carbons (Fsp3) is 0.400. The molecule has 0 unspecified atom stereocenters. The van der Waals surface area contributed by atoms with Gasteiger partial charge in [0.2, 0.25) is 0 Å². The highest BCUT2D eigenvalue weighted by atomic mass is 16.5. The Morgan fingerprint density at radius 2 is 1.71 bits per heavy atom. The molecule has 0 radical (unpaired) electrons. The second-order valence-corrected chi connectivity index (χ2v) is 4.53. The molecule has 21 heavy (non-hydrogen) atoms. The van der Waals surface area contributed by atoms with E-state index < -0.39 is 23.5 Å². The van der Waals surface area contributed by atoms with Crippen molar-refractivity contribution in [2.24, 2.45) is 0 Å². The number of hydrogen-bond acceptors (Lipinski definition) is 6. The first kappa shape index (κ1) is 16.7. The molecular weight excluding hydrogens is 276 g/mol. The van der Waals surface area contributed by atoms with Crippen molar-refractivity contribution >= 4 is 17.9 Å². The van der Waals surface area contributed by atoms with Crippen molar-refractivity contribution in [2.75, 3.05) is 6.61 Å². The van der Waals surface area contributed by atoms with Crippen LogP contribution in [0.4, 0.5) is 0 Å². The van der Waals surface area contributed by atoms with Gasteiger partial charge in [0.1, 0.15) is 0 Å². The number of carbonyl (C=O) groups is 3. The van der Waals surface area contributed by atoms with Crippen LogP contribution in [0.25, 0.3) is 0 Å². The van der Waals surface area contributed by atoms with Crippen molar-refractivity contribution in [3.05, 3.63) is 34.9 Å². The van der Waals surface area contributed by atoms with Gasteiger partial charge in [0.15, 0.2) is 0 Å². The predicted octanol–water partition coefficient (Wildman–Crippen LogP) is 0.151. The molecule has 1 aromatic rings. The van der Waals surface area contributed by atoms with Crippen LogP contribution >= 0.6 is 0 Å². The molecule has 0 spiro atoms. The highest BCUT2D eigenvalue weighted by Crippen LogP contribution is 2.13. The number of unbranched alkanes of at least 4 members (excludes halogenated alkanes) is 3. The largest absolute Gasteiger partial charge is 0.545 e. The van der Waals surface area contributed by atoms with Gasteiger partial charge in [0.25, 0.3) is 0 Å². The van der Waals surface area contributed by atoms with Gasteiger partial charge in [0.05, 0.1) is 24.1 Å². The van der Waals surface area contributed by atoms with Crippen LogP contribution < -0.4 is 10.2 Å². The Morgan fingerprint density at radius 1 is 1.00 bits per heavy atom. The Labute approximate surface area is 122 Å². The number of carbonyl (C=O) groups excluding carboxylic acids is 3. The first-order valence-electron chi connectivity index (χ1n) is 6.71. The van der Waals surface area contributed by atoms with Crippen molar-refractivity contribution in [3.63, 3.8) is 0 Å². The standard InChI is InChI=1S/C15H18O6/c1-2-3-4-5-8-21-15(20)11-7-6-10(13(16)17)9-12(11)14(18)19/h6-7,9H,2-5,8H2,1H3,(H,16,17)(H,18,19)/p-2. The van der Waals surface area contributed by atoms with Crippen LogP contribution in [0.15, 0.2) is 18.2 Å². The third-order valence-corrected chi connectivity index (χ3v) is 2.93. The maximum atomic E-state index is 11.8. The van der Waals surface area contributed by atoms with Gasteiger partial charge in [-0.3, -0.25) is 0 Å². The van der Waals surface area contributed by atoms with Crippen molar-refractivity contribution in [1.29, 1.82) is 0 Å². The highest BCUT2D eigenvalue weighted by molar-refractivity contribution is 6.03. The predicted molar refractivity (Wildman–Crippen MR) is 69.5 cm³/mol. The van der Waals surface area contributed by atoms with E-state index in [0.29, 0.717) is 6.42 Å². The van der Waals surface area contributed by atoms with Gasteiger partial charge in [-0.05, 0) is 24.1 Å². The molecule has 0 amide bonds. The van der Waals surface area contributed by atoms with Crippen LogP contribution in [-0.2, 0) is 4.74 Å². The van der Waals surface area contributed by atoms with Crippen molar-refractivity contribution in [1.82, 2.24) is 0 Å². The monoisotopic (exact) mass is 292 g/mol. The molecule has 114 valence electrons. The van der Waals surface area contributed by atoms with E-state index in [9.17, 15) is 24.6 Å². The first-order chi connectivity index (χ1) is 9.97. The molecule has 0 aliphatic carbocycles. The number of rotatable bonds is 8. The topological polar surface area (TPSA) is 107 Å². The zero-order chi connectivity index (χ0) is 15.8. The quantitative estimate of drug-likeness (QED) is 0.498. The second-order valence-electron chi connectivity index (χ2n) is 4.53. The molecule has 0 saturated carbocycles. The summed E-state index contributed by atoms with van der Waals surface area (Å²) in [4.78, 5) is 33.5.